The van der Waals surface area contributed by atoms with Crippen LogP contribution in [0, 0.1) is 0 Å². The SMILES string of the molecule is O=C(O)Cc1ccc(Br)c2[nH]c(Br)nc12. The fourth-order valence-electron chi connectivity index (χ4n) is 1.39. The highest BCUT2D eigenvalue weighted by Crippen LogP contribution is 2.26. The summed E-state index contributed by atoms with van der Waals surface area (Å²) in [6, 6.07) is 3.57. The molecule has 78 valence electrons. The third kappa shape index (κ3) is 2.05. The third-order valence-corrected chi connectivity index (χ3v) is 3.03. The fourth-order valence-corrected chi connectivity index (χ4v) is 2.19. The lowest BCUT2D eigenvalue weighted by atomic mass is 10.1. The summed E-state index contributed by atoms with van der Waals surface area (Å²) in [4.78, 5) is 17.8. The first-order chi connectivity index (χ1) is 7.08. The highest BCUT2D eigenvalue weighted by Gasteiger charge is 2.11. The molecule has 0 saturated heterocycles. The second-order valence-corrected chi connectivity index (χ2v) is 4.63. The lowest BCUT2D eigenvalue weighted by Gasteiger charge is -1.99. The monoisotopic (exact) mass is 332 g/mol. The first-order valence-corrected chi connectivity index (χ1v) is 5.71. The molecule has 15 heavy (non-hydrogen) atoms. The Labute approximate surface area is 102 Å². The summed E-state index contributed by atoms with van der Waals surface area (Å²) in [5.74, 6) is -0.863. The number of carboxylic acids is 1. The van der Waals surface area contributed by atoms with Crippen molar-refractivity contribution in [3.05, 3.63) is 26.9 Å². The molecule has 6 heteroatoms. The molecule has 0 aliphatic rings. The molecule has 0 atom stereocenters. The zero-order chi connectivity index (χ0) is 11.0. The number of hydrogen-bond acceptors (Lipinski definition) is 2. The molecule has 0 unspecified atom stereocenters. The molecule has 0 saturated carbocycles. The lowest BCUT2D eigenvalue weighted by Crippen LogP contribution is -2.00. The number of carbonyl (C=O) groups is 1. The highest BCUT2D eigenvalue weighted by atomic mass is 79.9. The first-order valence-electron chi connectivity index (χ1n) is 4.12. The lowest BCUT2D eigenvalue weighted by molar-refractivity contribution is -0.136. The summed E-state index contributed by atoms with van der Waals surface area (Å²) >= 11 is 6.60. The van der Waals surface area contributed by atoms with Gasteiger partial charge in [0.1, 0.15) is 0 Å². The van der Waals surface area contributed by atoms with Gasteiger partial charge in [0.2, 0.25) is 0 Å². The van der Waals surface area contributed by atoms with E-state index in [2.05, 4.69) is 41.8 Å². The van der Waals surface area contributed by atoms with Gasteiger partial charge in [-0.3, -0.25) is 4.79 Å². The zero-order valence-corrected chi connectivity index (χ0v) is 10.6. The standard InChI is InChI=1S/C9H6Br2N2O2/c10-5-2-1-4(3-6(14)15)7-8(5)13-9(11)12-7/h1-2H,3H2,(H,12,13)(H,14,15). The maximum Gasteiger partial charge on any atom is 0.307 e. The van der Waals surface area contributed by atoms with Gasteiger partial charge in [0, 0.05) is 4.47 Å². The van der Waals surface area contributed by atoms with Crippen LogP contribution in [0.15, 0.2) is 21.3 Å². The van der Waals surface area contributed by atoms with Crippen molar-refractivity contribution in [3.8, 4) is 0 Å². The zero-order valence-electron chi connectivity index (χ0n) is 7.42. The summed E-state index contributed by atoms with van der Waals surface area (Å²) in [6.45, 7) is 0. The topological polar surface area (TPSA) is 66.0 Å². The summed E-state index contributed by atoms with van der Waals surface area (Å²) < 4.78 is 1.46. The molecule has 0 amide bonds. The number of hydrogen-bond donors (Lipinski definition) is 2. The molecule has 2 N–H and O–H groups in total. The predicted molar refractivity (Wildman–Crippen MR) is 62.8 cm³/mol. The molecule has 0 bridgehead atoms. The predicted octanol–water partition coefficient (Wildman–Crippen LogP) is 2.72. The molecule has 2 rings (SSSR count). The first kappa shape index (κ1) is 10.6. The van der Waals surface area contributed by atoms with E-state index in [1.54, 1.807) is 6.07 Å². The number of fused-ring (bicyclic) bond motifs is 1. The Morgan fingerprint density at radius 2 is 2.20 bits per heavy atom. The van der Waals surface area contributed by atoms with Gasteiger partial charge in [0.15, 0.2) is 4.73 Å². The number of rotatable bonds is 2. The van der Waals surface area contributed by atoms with Gasteiger partial charge < -0.3 is 10.1 Å². The number of halogens is 2. The molecule has 1 aromatic carbocycles. The van der Waals surface area contributed by atoms with E-state index in [1.807, 2.05) is 6.07 Å². The smallest absolute Gasteiger partial charge is 0.307 e. The van der Waals surface area contributed by atoms with Crippen LogP contribution in [-0.2, 0) is 11.2 Å². The molecule has 0 spiro atoms. The molecule has 0 aliphatic heterocycles. The molecule has 2 aromatic rings. The molecule has 4 nitrogen and oxygen atoms in total. The van der Waals surface area contributed by atoms with Crippen LogP contribution in [0.1, 0.15) is 5.56 Å². The number of carboxylic acid groups (broad SMARTS) is 1. The average Bonchev–Trinajstić information content (AvgIpc) is 2.52. The van der Waals surface area contributed by atoms with Gasteiger partial charge in [0.25, 0.3) is 0 Å². The molecular weight excluding hydrogens is 328 g/mol. The minimum Gasteiger partial charge on any atom is -0.481 e. The van der Waals surface area contributed by atoms with Gasteiger partial charge in [-0.2, -0.15) is 0 Å². The van der Waals surface area contributed by atoms with E-state index in [0.717, 1.165) is 9.99 Å². The van der Waals surface area contributed by atoms with Crippen LogP contribution in [0.3, 0.4) is 0 Å². The van der Waals surface area contributed by atoms with E-state index in [1.165, 1.54) is 0 Å². The molecule has 1 aromatic heterocycles. The Kier molecular flexibility index (Phi) is 2.79. The largest absolute Gasteiger partial charge is 0.481 e. The van der Waals surface area contributed by atoms with E-state index in [-0.39, 0.29) is 6.42 Å². The van der Waals surface area contributed by atoms with E-state index in [0.29, 0.717) is 15.8 Å². The van der Waals surface area contributed by atoms with Crippen LogP contribution >= 0.6 is 31.9 Å². The van der Waals surface area contributed by atoms with Crippen LogP contribution in [0.2, 0.25) is 0 Å². The molecule has 0 radical (unpaired) electrons. The number of benzene rings is 1. The Morgan fingerprint density at radius 3 is 2.87 bits per heavy atom. The average molecular weight is 334 g/mol. The van der Waals surface area contributed by atoms with Crippen LogP contribution in [0.5, 0.6) is 0 Å². The highest BCUT2D eigenvalue weighted by molar-refractivity contribution is 9.11. The number of aromatic amines is 1. The number of imidazole rings is 1. The van der Waals surface area contributed by atoms with Crippen molar-refractivity contribution >= 4 is 48.9 Å². The van der Waals surface area contributed by atoms with Gasteiger partial charge in [0.05, 0.1) is 17.5 Å². The Morgan fingerprint density at radius 1 is 1.47 bits per heavy atom. The van der Waals surface area contributed by atoms with E-state index in [9.17, 15) is 4.79 Å². The summed E-state index contributed by atoms with van der Waals surface area (Å²) in [5.41, 5.74) is 2.18. The Balaban J connectivity index is 2.65. The summed E-state index contributed by atoms with van der Waals surface area (Å²) in [6.07, 6.45) is -0.0267. The third-order valence-electron chi connectivity index (χ3n) is 1.99. The van der Waals surface area contributed by atoms with Gasteiger partial charge >= 0.3 is 5.97 Å². The molecule has 0 aliphatic carbocycles. The maximum atomic E-state index is 10.6. The minimum absolute atomic E-state index is 0.0267. The second-order valence-electron chi connectivity index (χ2n) is 3.03. The Bertz CT molecular complexity index is 536. The van der Waals surface area contributed by atoms with Crippen molar-refractivity contribution in [1.29, 1.82) is 0 Å². The van der Waals surface area contributed by atoms with Gasteiger partial charge in [-0.05, 0) is 43.5 Å². The molecule has 1 heterocycles. The van der Waals surface area contributed by atoms with Crippen LogP contribution in [0.25, 0.3) is 11.0 Å². The van der Waals surface area contributed by atoms with E-state index >= 15 is 0 Å². The summed E-state index contributed by atoms with van der Waals surface area (Å²) in [5, 5.41) is 8.74. The van der Waals surface area contributed by atoms with Crippen LogP contribution < -0.4 is 0 Å². The summed E-state index contributed by atoms with van der Waals surface area (Å²) in [7, 11) is 0. The molecular formula is C9H6Br2N2O2. The van der Waals surface area contributed by atoms with Crippen molar-refractivity contribution in [2.45, 2.75) is 6.42 Å². The van der Waals surface area contributed by atoms with E-state index in [4.69, 9.17) is 5.11 Å². The maximum absolute atomic E-state index is 10.6. The number of nitrogens with one attached hydrogen (secondary N) is 1. The normalized spacial score (nSPS) is 10.8. The van der Waals surface area contributed by atoms with Gasteiger partial charge in [-0.1, -0.05) is 6.07 Å². The van der Waals surface area contributed by atoms with E-state index < -0.39 is 5.97 Å². The number of nitrogens with zero attached hydrogens (tertiary/aromatic N) is 1. The van der Waals surface area contributed by atoms with Crippen molar-refractivity contribution in [3.63, 3.8) is 0 Å². The van der Waals surface area contributed by atoms with Crippen molar-refractivity contribution < 1.29 is 9.90 Å². The Hall–Kier alpha value is -0.880. The van der Waals surface area contributed by atoms with Crippen molar-refractivity contribution in [2.24, 2.45) is 0 Å². The van der Waals surface area contributed by atoms with Crippen molar-refractivity contribution in [1.82, 2.24) is 9.97 Å². The van der Waals surface area contributed by atoms with Crippen LogP contribution in [0.4, 0.5) is 0 Å². The van der Waals surface area contributed by atoms with Crippen LogP contribution in [-0.4, -0.2) is 21.0 Å². The number of aromatic nitrogens is 2. The fraction of sp³-hybridized carbons (Fsp3) is 0.111. The quantitative estimate of drug-likeness (QED) is 0.888. The number of aliphatic carboxylic acids is 1. The minimum atomic E-state index is -0.863. The van der Waals surface area contributed by atoms with Gasteiger partial charge in [-0.15, -0.1) is 0 Å². The number of H-pyrrole nitrogens is 1. The molecule has 0 fully saturated rings. The van der Waals surface area contributed by atoms with Crippen molar-refractivity contribution in [2.75, 3.05) is 0 Å². The van der Waals surface area contributed by atoms with Gasteiger partial charge in [-0.25, -0.2) is 4.98 Å². The second kappa shape index (κ2) is 3.94.